The Labute approximate surface area is 190 Å². The number of nitrogens with two attached hydrogens (primary N) is 1. The van der Waals surface area contributed by atoms with Gasteiger partial charge in [0.2, 0.25) is 5.91 Å². The number of fused-ring (bicyclic) bond motifs is 1. The molecule has 2 aromatic rings. The molecule has 172 valence electrons. The first-order valence-electron chi connectivity index (χ1n) is 11.8. The minimum Gasteiger partial charge on any atom is -0.446 e. The topological polar surface area (TPSA) is 134 Å². The minimum absolute atomic E-state index is 0.150. The number of amides is 2. The molecular weight excluding hydrogens is 422 g/mol. The number of ether oxygens (including phenoxy) is 1. The maximum atomic E-state index is 13.1. The number of nitrogens with one attached hydrogen (secondary N) is 1. The van der Waals surface area contributed by atoms with Gasteiger partial charge in [-0.15, -0.1) is 0 Å². The summed E-state index contributed by atoms with van der Waals surface area (Å²) in [5.74, 6) is 0.727. The first kappa shape index (κ1) is 20.3. The fourth-order valence-corrected chi connectivity index (χ4v) is 7.34. The number of hydrogen-bond donors (Lipinski definition) is 2. The molecule has 6 atom stereocenters. The SMILES string of the molecule is N#Cc1ccc2c(c1)[nH]c(=O)n2[C@@H]1CCN(C(=O)OC2C3CC4C[C@H]2C[C@@](C(N)=O)(C4)C3)C1. The highest BCUT2D eigenvalue weighted by Gasteiger charge is 2.59. The second kappa shape index (κ2) is 7.11. The van der Waals surface area contributed by atoms with Gasteiger partial charge in [-0.2, -0.15) is 5.26 Å². The molecule has 9 nitrogen and oxygen atoms in total. The van der Waals surface area contributed by atoms with Crippen LogP contribution in [0.4, 0.5) is 4.79 Å². The van der Waals surface area contributed by atoms with E-state index in [9.17, 15) is 14.4 Å². The monoisotopic (exact) mass is 449 g/mol. The van der Waals surface area contributed by atoms with E-state index in [0.717, 1.165) is 37.6 Å². The highest BCUT2D eigenvalue weighted by Crippen LogP contribution is 2.60. The zero-order valence-corrected chi connectivity index (χ0v) is 18.3. The minimum atomic E-state index is -0.403. The highest BCUT2D eigenvalue weighted by molar-refractivity contribution is 5.81. The Hall–Kier alpha value is -3.28. The van der Waals surface area contributed by atoms with Crippen molar-refractivity contribution in [3.05, 3.63) is 34.2 Å². The van der Waals surface area contributed by atoms with Gasteiger partial charge in [-0.1, -0.05) is 0 Å². The highest BCUT2D eigenvalue weighted by atomic mass is 16.6. The lowest BCUT2D eigenvalue weighted by atomic mass is 9.48. The molecule has 0 spiro atoms. The van der Waals surface area contributed by atoms with Crippen molar-refractivity contribution in [2.75, 3.05) is 13.1 Å². The van der Waals surface area contributed by atoms with Crippen molar-refractivity contribution in [1.29, 1.82) is 5.26 Å². The van der Waals surface area contributed by atoms with E-state index in [-0.39, 0.29) is 41.7 Å². The van der Waals surface area contributed by atoms with Crippen LogP contribution in [-0.2, 0) is 9.53 Å². The molecule has 1 aromatic heterocycles. The number of primary amides is 1. The largest absolute Gasteiger partial charge is 0.446 e. The zero-order valence-electron chi connectivity index (χ0n) is 18.3. The fourth-order valence-electron chi connectivity index (χ4n) is 7.34. The summed E-state index contributed by atoms with van der Waals surface area (Å²) >= 11 is 0. The summed E-state index contributed by atoms with van der Waals surface area (Å²) in [6, 6.07) is 7.07. The van der Waals surface area contributed by atoms with Crippen LogP contribution < -0.4 is 11.4 Å². The van der Waals surface area contributed by atoms with Gasteiger partial charge < -0.3 is 20.4 Å². The van der Waals surface area contributed by atoms with Crippen LogP contribution in [0.25, 0.3) is 11.0 Å². The maximum Gasteiger partial charge on any atom is 0.410 e. The summed E-state index contributed by atoms with van der Waals surface area (Å²) in [6.07, 6.45) is 4.52. The van der Waals surface area contributed by atoms with Gasteiger partial charge in [-0.3, -0.25) is 9.36 Å². The number of likely N-dealkylation sites (tertiary alicyclic amines) is 1. The Morgan fingerprint density at radius 1 is 1.21 bits per heavy atom. The lowest BCUT2D eigenvalue weighted by molar-refractivity contribution is -0.161. The van der Waals surface area contributed by atoms with Crippen LogP contribution in [0.5, 0.6) is 0 Å². The average Bonchev–Trinajstić information content (AvgIpc) is 3.38. The second-order valence-electron chi connectivity index (χ2n) is 10.5. The van der Waals surface area contributed by atoms with Crippen molar-refractivity contribution in [2.24, 2.45) is 28.9 Å². The van der Waals surface area contributed by atoms with Crippen LogP contribution in [-0.4, -0.2) is 45.6 Å². The smallest absolute Gasteiger partial charge is 0.410 e. The Kier molecular flexibility index (Phi) is 4.38. The predicted molar refractivity (Wildman–Crippen MR) is 118 cm³/mol. The molecule has 1 aliphatic heterocycles. The molecule has 1 aromatic carbocycles. The summed E-state index contributed by atoms with van der Waals surface area (Å²) < 4.78 is 7.74. The van der Waals surface area contributed by atoms with Gasteiger partial charge in [0.05, 0.1) is 34.1 Å². The molecule has 4 saturated carbocycles. The first-order chi connectivity index (χ1) is 15.9. The Balaban J connectivity index is 1.16. The fraction of sp³-hybridized carbons (Fsp3) is 0.583. The van der Waals surface area contributed by atoms with E-state index in [0.29, 0.717) is 36.5 Å². The standard InChI is InChI=1S/C24H27N5O4/c25-11-13-1-2-19-18(7-13)27-22(31)29(19)17-3-4-28(12-17)23(32)33-20-15-5-14-6-16(20)10-24(8-14,9-15)21(26)30/h1-2,7,14-17,20H,3-6,8-10,12H2,(H2,26,30)(H,27,31)/t14?,15-,16?,17+,20?,24-/m0/s1. The third kappa shape index (κ3) is 3.07. The zero-order chi connectivity index (χ0) is 22.9. The summed E-state index contributed by atoms with van der Waals surface area (Å²) in [5.41, 5.74) is 6.97. The summed E-state index contributed by atoms with van der Waals surface area (Å²) in [6.45, 7) is 0.927. The summed E-state index contributed by atoms with van der Waals surface area (Å²) in [5, 5.41) is 9.10. The lowest BCUT2D eigenvalue weighted by Gasteiger charge is -2.58. The normalized spacial score (nSPS) is 34.5. The van der Waals surface area contributed by atoms with Crippen LogP contribution in [0.1, 0.15) is 50.1 Å². The molecule has 2 heterocycles. The number of carbonyl (C=O) groups excluding carboxylic acids is 2. The van der Waals surface area contributed by atoms with Gasteiger partial charge in [0.15, 0.2) is 0 Å². The Bertz CT molecular complexity index is 1240. The number of carbonyl (C=O) groups is 2. The molecule has 3 unspecified atom stereocenters. The number of nitrogens with zero attached hydrogens (tertiary/aromatic N) is 3. The van der Waals surface area contributed by atoms with Crippen molar-refractivity contribution in [3.8, 4) is 6.07 Å². The van der Waals surface area contributed by atoms with Crippen molar-refractivity contribution >= 4 is 23.0 Å². The summed E-state index contributed by atoms with van der Waals surface area (Å²) in [4.78, 5) is 42.4. The van der Waals surface area contributed by atoms with Crippen molar-refractivity contribution in [3.63, 3.8) is 0 Å². The van der Waals surface area contributed by atoms with Crippen LogP contribution in [0.3, 0.4) is 0 Å². The second-order valence-corrected chi connectivity index (χ2v) is 10.5. The number of rotatable bonds is 3. The Morgan fingerprint density at radius 3 is 2.67 bits per heavy atom. The van der Waals surface area contributed by atoms with Crippen LogP contribution in [0.2, 0.25) is 0 Å². The van der Waals surface area contributed by atoms with Gasteiger partial charge in [-0.05, 0) is 74.5 Å². The van der Waals surface area contributed by atoms with Gasteiger partial charge in [0.1, 0.15) is 6.10 Å². The van der Waals surface area contributed by atoms with E-state index in [4.69, 9.17) is 15.7 Å². The van der Waals surface area contributed by atoms with E-state index in [1.165, 1.54) is 0 Å². The molecule has 5 aliphatic rings. The van der Waals surface area contributed by atoms with Crippen LogP contribution in [0, 0.1) is 34.5 Å². The number of hydrogen-bond acceptors (Lipinski definition) is 5. The van der Waals surface area contributed by atoms with Gasteiger partial charge in [-0.25, -0.2) is 9.59 Å². The molecule has 9 heteroatoms. The number of benzene rings is 1. The molecule has 4 aliphatic carbocycles. The molecule has 7 rings (SSSR count). The molecule has 3 N–H and O–H groups in total. The number of imidazole rings is 1. The van der Waals surface area contributed by atoms with E-state index in [2.05, 4.69) is 11.1 Å². The molecule has 0 radical (unpaired) electrons. The van der Waals surface area contributed by atoms with Crippen LogP contribution >= 0.6 is 0 Å². The Morgan fingerprint density at radius 2 is 1.97 bits per heavy atom. The number of H-pyrrole nitrogens is 1. The third-order valence-corrected chi connectivity index (χ3v) is 8.58. The molecule has 33 heavy (non-hydrogen) atoms. The van der Waals surface area contributed by atoms with Gasteiger partial charge in [0.25, 0.3) is 0 Å². The van der Waals surface area contributed by atoms with Crippen molar-refractivity contribution in [1.82, 2.24) is 14.5 Å². The lowest BCUT2D eigenvalue weighted by Crippen LogP contribution is -2.59. The molecule has 5 fully saturated rings. The number of aromatic amines is 1. The molecule has 1 saturated heterocycles. The first-order valence-corrected chi connectivity index (χ1v) is 11.8. The maximum absolute atomic E-state index is 13.1. The molecule has 4 bridgehead atoms. The number of nitriles is 1. The van der Waals surface area contributed by atoms with E-state index in [1.807, 2.05) is 0 Å². The van der Waals surface area contributed by atoms with E-state index < -0.39 is 5.41 Å². The van der Waals surface area contributed by atoms with Gasteiger partial charge in [0, 0.05) is 13.1 Å². The van der Waals surface area contributed by atoms with Gasteiger partial charge >= 0.3 is 11.8 Å². The molecular formula is C24H27N5O4. The predicted octanol–water partition coefficient (Wildman–Crippen LogP) is 2.26. The number of aromatic nitrogens is 2. The van der Waals surface area contributed by atoms with Crippen molar-refractivity contribution < 1.29 is 14.3 Å². The van der Waals surface area contributed by atoms with Crippen LogP contribution in [0.15, 0.2) is 23.0 Å². The quantitative estimate of drug-likeness (QED) is 0.741. The van der Waals surface area contributed by atoms with Crippen molar-refractivity contribution in [2.45, 2.75) is 50.7 Å². The third-order valence-electron chi connectivity index (χ3n) is 8.58. The summed E-state index contributed by atoms with van der Waals surface area (Å²) in [7, 11) is 0. The average molecular weight is 450 g/mol. The van der Waals surface area contributed by atoms with E-state index in [1.54, 1.807) is 27.7 Å². The van der Waals surface area contributed by atoms with E-state index >= 15 is 0 Å². The molecule has 2 amide bonds.